The minimum absolute atomic E-state index is 0.0293. The molecule has 0 aliphatic carbocycles. The van der Waals surface area contributed by atoms with Crippen LogP contribution >= 0.6 is 0 Å². The second-order valence-electron chi connectivity index (χ2n) is 5.56. The lowest BCUT2D eigenvalue weighted by Gasteiger charge is -2.34. The Balaban J connectivity index is 1.77. The molecule has 0 spiro atoms. The fourth-order valence-corrected chi connectivity index (χ4v) is 3.09. The molecule has 0 radical (unpaired) electrons. The average Bonchev–Trinajstić information content (AvgIpc) is 2.81. The van der Waals surface area contributed by atoms with Crippen molar-refractivity contribution < 1.29 is 9.66 Å². The number of nitro groups is 1. The summed E-state index contributed by atoms with van der Waals surface area (Å²) >= 11 is 0. The van der Waals surface area contributed by atoms with Crippen molar-refractivity contribution in [2.75, 3.05) is 13.2 Å². The van der Waals surface area contributed by atoms with Gasteiger partial charge in [0.25, 0.3) is 5.69 Å². The summed E-state index contributed by atoms with van der Waals surface area (Å²) in [6.45, 7) is 4.11. The van der Waals surface area contributed by atoms with E-state index in [2.05, 4.69) is 11.8 Å². The first-order chi connectivity index (χ1) is 9.15. The molecule has 3 atom stereocenters. The van der Waals surface area contributed by atoms with Gasteiger partial charge in [-0.2, -0.15) is 0 Å². The molecule has 5 nitrogen and oxygen atoms in total. The highest BCUT2D eigenvalue weighted by molar-refractivity contribution is 5.34. The number of nitrogens with zero attached hydrogens (tertiary/aromatic N) is 2. The zero-order valence-electron chi connectivity index (χ0n) is 11.0. The molecule has 1 aromatic rings. The van der Waals surface area contributed by atoms with Gasteiger partial charge in [-0.3, -0.25) is 15.0 Å². The van der Waals surface area contributed by atoms with Crippen molar-refractivity contribution in [3.63, 3.8) is 0 Å². The third-order valence-corrected chi connectivity index (χ3v) is 4.16. The second kappa shape index (κ2) is 4.90. The SMILES string of the molecule is C[C@H]1CCN2[C@@H](CO[C@@H]2c2ccc([N+](=O)[O-])cc2)C1. The molecule has 0 aromatic heterocycles. The van der Waals surface area contributed by atoms with E-state index in [1.54, 1.807) is 12.1 Å². The van der Waals surface area contributed by atoms with Crippen molar-refractivity contribution in [1.82, 2.24) is 4.90 Å². The van der Waals surface area contributed by atoms with Crippen LogP contribution in [0.4, 0.5) is 5.69 Å². The summed E-state index contributed by atoms with van der Waals surface area (Å²) in [5.74, 6) is 0.764. The maximum absolute atomic E-state index is 10.7. The molecular weight excluding hydrogens is 244 g/mol. The molecule has 0 saturated carbocycles. The topological polar surface area (TPSA) is 55.6 Å². The van der Waals surface area contributed by atoms with Crippen molar-refractivity contribution in [1.29, 1.82) is 0 Å². The van der Waals surface area contributed by atoms with Gasteiger partial charge < -0.3 is 4.74 Å². The standard InChI is InChI=1S/C14H18N2O3/c1-10-6-7-15-13(8-10)9-19-14(15)11-2-4-12(5-3-11)16(17)18/h2-5,10,13-14H,6-9H2,1H3/t10-,13+,14+/m0/s1. The molecule has 102 valence electrons. The molecule has 0 N–H and O–H groups in total. The van der Waals surface area contributed by atoms with Gasteiger partial charge in [0.1, 0.15) is 6.23 Å². The van der Waals surface area contributed by atoms with Crippen LogP contribution in [0.3, 0.4) is 0 Å². The van der Waals surface area contributed by atoms with Gasteiger partial charge in [-0.1, -0.05) is 6.92 Å². The van der Waals surface area contributed by atoms with E-state index in [9.17, 15) is 10.1 Å². The maximum Gasteiger partial charge on any atom is 0.269 e. The van der Waals surface area contributed by atoms with E-state index in [0.717, 1.165) is 24.6 Å². The third kappa shape index (κ3) is 2.35. The van der Waals surface area contributed by atoms with Crippen LogP contribution in [0.25, 0.3) is 0 Å². The van der Waals surface area contributed by atoms with E-state index in [0.29, 0.717) is 6.04 Å². The second-order valence-corrected chi connectivity index (χ2v) is 5.56. The fraction of sp³-hybridized carbons (Fsp3) is 0.571. The van der Waals surface area contributed by atoms with Crippen LogP contribution in [-0.2, 0) is 4.74 Å². The molecule has 2 heterocycles. The van der Waals surface area contributed by atoms with Crippen molar-refractivity contribution >= 4 is 5.69 Å². The summed E-state index contributed by atoms with van der Waals surface area (Å²) in [6.07, 6.45) is 2.35. The first-order valence-corrected chi connectivity index (χ1v) is 6.77. The summed E-state index contributed by atoms with van der Waals surface area (Å²) in [4.78, 5) is 12.7. The Morgan fingerprint density at radius 3 is 2.79 bits per heavy atom. The lowest BCUT2D eigenvalue weighted by atomic mass is 9.93. The quantitative estimate of drug-likeness (QED) is 0.607. The minimum atomic E-state index is -0.370. The van der Waals surface area contributed by atoms with Crippen LogP contribution in [0.15, 0.2) is 24.3 Å². The van der Waals surface area contributed by atoms with E-state index < -0.39 is 0 Å². The number of hydrogen-bond acceptors (Lipinski definition) is 4. The zero-order chi connectivity index (χ0) is 13.4. The van der Waals surface area contributed by atoms with Crippen molar-refractivity contribution in [2.24, 2.45) is 5.92 Å². The summed E-state index contributed by atoms with van der Waals surface area (Å²) in [5, 5.41) is 10.7. The molecule has 2 fully saturated rings. The lowest BCUT2D eigenvalue weighted by molar-refractivity contribution is -0.384. The number of non-ortho nitro benzene ring substituents is 1. The average molecular weight is 262 g/mol. The highest BCUT2D eigenvalue weighted by atomic mass is 16.6. The minimum Gasteiger partial charge on any atom is -0.357 e. The molecule has 0 amide bonds. The Kier molecular flexibility index (Phi) is 3.24. The fourth-order valence-electron chi connectivity index (χ4n) is 3.09. The Bertz CT molecular complexity index is 474. The zero-order valence-corrected chi connectivity index (χ0v) is 11.0. The Morgan fingerprint density at radius 2 is 2.11 bits per heavy atom. The van der Waals surface area contributed by atoms with Crippen molar-refractivity contribution in [3.8, 4) is 0 Å². The van der Waals surface area contributed by atoms with Gasteiger partial charge >= 0.3 is 0 Å². The number of nitro benzene ring substituents is 1. The number of hydrogen-bond donors (Lipinski definition) is 0. The monoisotopic (exact) mass is 262 g/mol. The number of rotatable bonds is 2. The molecule has 2 aliphatic heterocycles. The van der Waals surface area contributed by atoms with Gasteiger partial charge in [0, 0.05) is 24.7 Å². The Morgan fingerprint density at radius 1 is 1.37 bits per heavy atom. The predicted molar refractivity (Wildman–Crippen MR) is 70.7 cm³/mol. The van der Waals surface area contributed by atoms with E-state index in [1.807, 2.05) is 12.1 Å². The smallest absolute Gasteiger partial charge is 0.269 e. The molecule has 2 aliphatic rings. The van der Waals surface area contributed by atoms with Crippen molar-refractivity contribution in [3.05, 3.63) is 39.9 Å². The van der Waals surface area contributed by atoms with Gasteiger partial charge in [0.2, 0.25) is 0 Å². The molecule has 3 rings (SSSR count). The molecule has 2 saturated heterocycles. The summed E-state index contributed by atoms with van der Waals surface area (Å²) < 4.78 is 5.89. The first-order valence-electron chi connectivity index (χ1n) is 6.77. The van der Waals surface area contributed by atoms with Gasteiger partial charge in [-0.25, -0.2) is 0 Å². The van der Waals surface area contributed by atoms with Crippen LogP contribution in [0.5, 0.6) is 0 Å². The number of benzene rings is 1. The van der Waals surface area contributed by atoms with Gasteiger partial charge in [0.05, 0.1) is 11.5 Å². The highest BCUT2D eigenvalue weighted by Crippen LogP contribution is 2.37. The first kappa shape index (κ1) is 12.6. The molecule has 1 aromatic carbocycles. The predicted octanol–water partition coefficient (Wildman–Crippen LogP) is 2.72. The van der Waals surface area contributed by atoms with Crippen LogP contribution in [0.1, 0.15) is 31.6 Å². The third-order valence-electron chi connectivity index (χ3n) is 4.16. The van der Waals surface area contributed by atoms with Gasteiger partial charge in [0.15, 0.2) is 0 Å². The molecular formula is C14H18N2O3. The molecule has 0 bridgehead atoms. The van der Waals surface area contributed by atoms with Crippen LogP contribution in [-0.4, -0.2) is 29.0 Å². The number of fused-ring (bicyclic) bond motifs is 1. The molecule has 0 unspecified atom stereocenters. The number of ether oxygens (including phenoxy) is 1. The normalized spacial score (nSPS) is 31.1. The lowest BCUT2D eigenvalue weighted by Crippen LogP contribution is -2.39. The Labute approximate surface area is 112 Å². The molecule has 5 heteroatoms. The van der Waals surface area contributed by atoms with Crippen LogP contribution in [0, 0.1) is 16.0 Å². The van der Waals surface area contributed by atoms with E-state index in [-0.39, 0.29) is 16.8 Å². The van der Waals surface area contributed by atoms with Crippen molar-refractivity contribution in [2.45, 2.75) is 32.0 Å². The largest absolute Gasteiger partial charge is 0.357 e. The Hall–Kier alpha value is -1.46. The van der Waals surface area contributed by atoms with E-state index in [4.69, 9.17) is 4.74 Å². The van der Waals surface area contributed by atoms with E-state index >= 15 is 0 Å². The summed E-state index contributed by atoms with van der Waals surface area (Å²) in [7, 11) is 0. The number of piperidine rings is 1. The molecule has 19 heavy (non-hydrogen) atoms. The van der Waals surface area contributed by atoms with Gasteiger partial charge in [-0.15, -0.1) is 0 Å². The summed E-state index contributed by atoms with van der Waals surface area (Å²) in [5.41, 5.74) is 1.15. The van der Waals surface area contributed by atoms with E-state index in [1.165, 1.54) is 12.8 Å². The van der Waals surface area contributed by atoms with Crippen LogP contribution < -0.4 is 0 Å². The maximum atomic E-state index is 10.7. The summed E-state index contributed by atoms with van der Waals surface area (Å²) in [6, 6.07) is 7.23. The van der Waals surface area contributed by atoms with Crippen LogP contribution in [0.2, 0.25) is 0 Å². The highest BCUT2D eigenvalue weighted by Gasteiger charge is 2.38. The van der Waals surface area contributed by atoms with Gasteiger partial charge in [-0.05, 0) is 36.5 Å².